The lowest BCUT2D eigenvalue weighted by atomic mass is 10.1. The van der Waals surface area contributed by atoms with Gasteiger partial charge >= 0.3 is 0 Å². The summed E-state index contributed by atoms with van der Waals surface area (Å²) in [5.41, 5.74) is 7.02. The van der Waals surface area contributed by atoms with Gasteiger partial charge in [0.25, 0.3) is 5.91 Å². The number of nitrogens with one attached hydrogen (secondary N) is 1. The summed E-state index contributed by atoms with van der Waals surface area (Å²) < 4.78 is 13.6. The van der Waals surface area contributed by atoms with Gasteiger partial charge in [-0.25, -0.2) is 4.39 Å². The number of halogens is 2. The van der Waals surface area contributed by atoms with Gasteiger partial charge < -0.3 is 16.2 Å². The maximum atomic E-state index is 13.6. The van der Waals surface area contributed by atoms with Crippen LogP contribution in [0.3, 0.4) is 0 Å². The van der Waals surface area contributed by atoms with E-state index in [2.05, 4.69) is 5.32 Å². The van der Waals surface area contributed by atoms with Crippen LogP contribution in [0.2, 0.25) is 5.02 Å². The van der Waals surface area contributed by atoms with Crippen LogP contribution in [0, 0.1) is 12.7 Å². The summed E-state index contributed by atoms with van der Waals surface area (Å²) in [6, 6.07) is 6.43. The molecule has 0 aliphatic carbocycles. The van der Waals surface area contributed by atoms with Crippen LogP contribution < -0.4 is 11.1 Å². The fraction of sp³-hybridized carbons (Fsp3) is 0.0714. The molecule has 0 aromatic heterocycles. The van der Waals surface area contributed by atoms with Crippen molar-refractivity contribution in [3.8, 4) is 5.75 Å². The van der Waals surface area contributed by atoms with Gasteiger partial charge in [0.2, 0.25) is 0 Å². The van der Waals surface area contributed by atoms with E-state index in [0.717, 1.165) is 6.07 Å². The summed E-state index contributed by atoms with van der Waals surface area (Å²) in [6.45, 7) is 1.75. The number of carbonyl (C=O) groups is 1. The van der Waals surface area contributed by atoms with Crippen LogP contribution in [0.4, 0.5) is 15.8 Å². The molecular formula is C14H12ClFN2O2. The molecule has 0 radical (unpaired) electrons. The molecule has 6 heteroatoms. The fourth-order valence-electron chi connectivity index (χ4n) is 1.72. The number of nitrogen functional groups attached to an aromatic ring is 1. The molecule has 0 saturated heterocycles. The molecule has 0 aliphatic rings. The van der Waals surface area contributed by atoms with E-state index in [-0.39, 0.29) is 11.3 Å². The average Bonchev–Trinajstić information content (AvgIpc) is 2.35. The van der Waals surface area contributed by atoms with Crippen molar-refractivity contribution in [2.45, 2.75) is 6.92 Å². The van der Waals surface area contributed by atoms with Crippen molar-refractivity contribution < 1.29 is 14.3 Å². The van der Waals surface area contributed by atoms with Gasteiger partial charge in [0, 0.05) is 11.8 Å². The van der Waals surface area contributed by atoms with Crippen LogP contribution in [-0.4, -0.2) is 11.0 Å². The Hall–Kier alpha value is -2.27. The Morgan fingerprint density at radius 1 is 1.35 bits per heavy atom. The number of rotatable bonds is 2. The molecule has 0 fully saturated rings. The van der Waals surface area contributed by atoms with E-state index in [1.807, 2.05) is 0 Å². The molecule has 20 heavy (non-hydrogen) atoms. The minimum absolute atomic E-state index is 0.171. The zero-order chi connectivity index (χ0) is 14.9. The average molecular weight is 295 g/mol. The van der Waals surface area contributed by atoms with Crippen molar-refractivity contribution >= 4 is 28.9 Å². The number of amides is 1. The Morgan fingerprint density at radius 3 is 2.70 bits per heavy atom. The summed E-state index contributed by atoms with van der Waals surface area (Å²) in [7, 11) is 0. The lowest BCUT2D eigenvalue weighted by molar-refractivity contribution is 0.102. The number of nitrogens with two attached hydrogens (primary N) is 1. The zero-order valence-electron chi connectivity index (χ0n) is 10.6. The molecule has 0 aliphatic heterocycles. The van der Waals surface area contributed by atoms with Crippen molar-refractivity contribution in [1.82, 2.24) is 0 Å². The second-order valence-corrected chi connectivity index (χ2v) is 4.71. The van der Waals surface area contributed by atoms with E-state index >= 15 is 0 Å². The van der Waals surface area contributed by atoms with Gasteiger partial charge in [0.05, 0.1) is 16.3 Å². The monoisotopic (exact) mass is 294 g/mol. The topological polar surface area (TPSA) is 75.3 Å². The largest absolute Gasteiger partial charge is 0.508 e. The second kappa shape index (κ2) is 5.38. The third-order valence-electron chi connectivity index (χ3n) is 2.79. The van der Waals surface area contributed by atoms with Crippen LogP contribution in [0.15, 0.2) is 30.3 Å². The van der Waals surface area contributed by atoms with Gasteiger partial charge in [-0.3, -0.25) is 4.79 Å². The van der Waals surface area contributed by atoms with Crippen LogP contribution in [0.5, 0.6) is 5.75 Å². The Balaban J connectivity index is 2.30. The molecule has 104 valence electrons. The maximum absolute atomic E-state index is 13.6. The van der Waals surface area contributed by atoms with Gasteiger partial charge in [-0.15, -0.1) is 0 Å². The molecule has 1 amide bonds. The van der Waals surface area contributed by atoms with Crippen LogP contribution in [0.1, 0.15) is 15.9 Å². The first kappa shape index (κ1) is 14.1. The quantitative estimate of drug-likeness (QED) is 0.744. The van der Waals surface area contributed by atoms with Gasteiger partial charge in [0.1, 0.15) is 11.6 Å². The van der Waals surface area contributed by atoms with Crippen molar-refractivity contribution in [3.05, 3.63) is 52.3 Å². The molecule has 2 aromatic rings. The number of aromatic hydroxyl groups is 1. The third kappa shape index (κ3) is 2.83. The molecule has 0 spiro atoms. The Morgan fingerprint density at radius 2 is 2.05 bits per heavy atom. The van der Waals surface area contributed by atoms with E-state index < -0.39 is 11.7 Å². The van der Waals surface area contributed by atoms with E-state index in [1.54, 1.807) is 13.0 Å². The van der Waals surface area contributed by atoms with E-state index in [0.29, 0.717) is 22.0 Å². The van der Waals surface area contributed by atoms with Crippen molar-refractivity contribution in [3.63, 3.8) is 0 Å². The highest BCUT2D eigenvalue weighted by Crippen LogP contribution is 2.27. The molecule has 2 aromatic carbocycles. The Bertz CT molecular complexity index is 689. The van der Waals surface area contributed by atoms with E-state index in [1.165, 1.54) is 18.2 Å². The zero-order valence-corrected chi connectivity index (χ0v) is 11.3. The first-order chi connectivity index (χ1) is 9.38. The van der Waals surface area contributed by atoms with Gasteiger partial charge in [0.15, 0.2) is 0 Å². The van der Waals surface area contributed by atoms with Crippen LogP contribution >= 0.6 is 11.6 Å². The van der Waals surface area contributed by atoms with Crippen molar-refractivity contribution in [1.29, 1.82) is 0 Å². The smallest absolute Gasteiger partial charge is 0.258 e. The maximum Gasteiger partial charge on any atom is 0.258 e. The normalized spacial score (nSPS) is 10.3. The van der Waals surface area contributed by atoms with Crippen molar-refractivity contribution in [2.24, 2.45) is 0 Å². The summed E-state index contributed by atoms with van der Waals surface area (Å²) in [4.78, 5) is 12.0. The molecule has 4 N–H and O–H groups in total. The van der Waals surface area contributed by atoms with E-state index in [9.17, 15) is 9.18 Å². The molecule has 0 saturated carbocycles. The fourth-order valence-corrected chi connectivity index (χ4v) is 1.88. The Kier molecular flexibility index (Phi) is 3.81. The number of hydrogen-bond donors (Lipinski definition) is 3. The van der Waals surface area contributed by atoms with E-state index in [4.69, 9.17) is 22.4 Å². The lowest BCUT2D eigenvalue weighted by Gasteiger charge is -2.11. The number of phenols is 1. The Labute approximate surface area is 120 Å². The van der Waals surface area contributed by atoms with Crippen LogP contribution in [0.25, 0.3) is 0 Å². The SMILES string of the molecule is Cc1cc(N)c(Cl)cc1NC(=O)c1ccc(O)cc1F. The minimum atomic E-state index is -0.804. The number of phenolic OH excluding ortho intramolecular Hbond substituents is 1. The highest BCUT2D eigenvalue weighted by Gasteiger charge is 2.14. The molecule has 2 rings (SSSR count). The summed E-state index contributed by atoms with van der Waals surface area (Å²) >= 11 is 5.88. The highest BCUT2D eigenvalue weighted by molar-refractivity contribution is 6.33. The molecule has 0 bridgehead atoms. The lowest BCUT2D eigenvalue weighted by Crippen LogP contribution is -2.14. The van der Waals surface area contributed by atoms with Crippen LogP contribution in [-0.2, 0) is 0 Å². The number of carbonyl (C=O) groups excluding carboxylic acids is 1. The number of anilines is 2. The third-order valence-corrected chi connectivity index (χ3v) is 3.12. The van der Waals surface area contributed by atoms with Crippen molar-refractivity contribution in [2.75, 3.05) is 11.1 Å². The number of aryl methyl sites for hydroxylation is 1. The molecule has 0 heterocycles. The number of benzene rings is 2. The molecule has 0 atom stereocenters. The number of hydrogen-bond acceptors (Lipinski definition) is 3. The molecule has 4 nitrogen and oxygen atoms in total. The molecular weight excluding hydrogens is 283 g/mol. The predicted octanol–water partition coefficient (Wildman–Crippen LogP) is 3.33. The standard InChI is InChI=1S/C14H12ClFN2O2/c1-7-4-12(17)10(15)6-13(7)18-14(20)9-3-2-8(19)5-11(9)16/h2-6,19H,17H2,1H3,(H,18,20). The first-order valence-corrected chi connectivity index (χ1v) is 6.12. The minimum Gasteiger partial charge on any atom is -0.508 e. The summed E-state index contributed by atoms with van der Waals surface area (Å²) in [6.07, 6.45) is 0. The molecule has 0 unspecified atom stereocenters. The second-order valence-electron chi connectivity index (χ2n) is 4.31. The van der Waals surface area contributed by atoms with Gasteiger partial charge in [-0.05, 0) is 36.8 Å². The predicted molar refractivity (Wildman–Crippen MR) is 76.6 cm³/mol. The van der Waals surface area contributed by atoms with Gasteiger partial charge in [-0.1, -0.05) is 11.6 Å². The first-order valence-electron chi connectivity index (χ1n) is 5.74. The highest BCUT2D eigenvalue weighted by atomic mass is 35.5. The summed E-state index contributed by atoms with van der Waals surface area (Å²) in [5.74, 6) is -1.68. The summed E-state index contributed by atoms with van der Waals surface area (Å²) in [5, 5.41) is 12.0. The van der Waals surface area contributed by atoms with Gasteiger partial charge in [-0.2, -0.15) is 0 Å².